The molecule has 1 fully saturated rings. The maximum absolute atomic E-state index is 13.3. The van der Waals surface area contributed by atoms with Crippen LogP contribution in [-0.2, 0) is 4.79 Å². The fraction of sp³-hybridized carbons (Fsp3) is 0.385. The Balaban J connectivity index is 2.57. The fourth-order valence-electron chi connectivity index (χ4n) is 2.50. The number of benzene rings is 1. The summed E-state index contributed by atoms with van der Waals surface area (Å²) >= 11 is 0. The summed E-state index contributed by atoms with van der Waals surface area (Å²) in [5.74, 6) is -3.82. The molecule has 2 rings (SSSR count). The van der Waals surface area contributed by atoms with E-state index in [-0.39, 0.29) is 5.56 Å². The minimum atomic E-state index is -5.29. The average molecular weight is 320 g/mol. The Morgan fingerprint density at radius 1 is 1.36 bits per heavy atom. The quantitative estimate of drug-likeness (QED) is 0.725. The van der Waals surface area contributed by atoms with Gasteiger partial charge >= 0.3 is 12.2 Å². The monoisotopic (exact) mass is 320 g/mol. The zero-order chi connectivity index (χ0) is 16.7. The number of Topliss-reactive ketones (excluding diaryl/α,β-unsaturated/α-hetero) is 1. The van der Waals surface area contributed by atoms with Crippen molar-refractivity contribution in [1.29, 1.82) is 0 Å². The lowest BCUT2D eigenvalue weighted by atomic mass is 9.79. The summed E-state index contributed by atoms with van der Waals surface area (Å²) in [4.78, 5) is 23.2. The summed E-state index contributed by atoms with van der Waals surface area (Å²) in [7, 11) is 0. The van der Waals surface area contributed by atoms with Crippen molar-refractivity contribution < 1.29 is 32.3 Å². The highest BCUT2D eigenvalue weighted by molar-refractivity contribution is 5.86. The van der Waals surface area contributed by atoms with Crippen molar-refractivity contribution in [3.63, 3.8) is 0 Å². The van der Waals surface area contributed by atoms with E-state index in [2.05, 4.69) is 5.32 Å². The predicted octanol–water partition coefficient (Wildman–Crippen LogP) is 1.64. The topological polar surface area (TPSA) is 78.4 Å². The molecule has 22 heavy (non-hydrogen) atoms. The van der Waals surface area contributed by atoms with E-state index in [1.165, 1.54) is 17.4 Å². The third-order valence-corrected chi connectivity index (χ3v) is 3.45. The van der Waals surface area contributed by atoms with Gasteiger partial charge in [0, 0.05) is 0 Å². The molecule has 2 amide bonds. The van der Waals surface area contributed by atoms with Crippen LogP contribution >= 0.6 is 0 Å². The number of ketones is 1. The molecule has 9 heteroatoms. The number of aliphatic hydroxyl groups is 1. The first kappa shape index (κ1) is 16.2. The van der Waals surface area contributed by atoms with Gasteiger partial charge in [-0.1, -0.05) is 12.1 Å². The van der Waals surface area contributed by atoms with Crippen LogP contribution in [0, 0.1) is 11.7 Å². The summed E-state index contributed by atoms with van der Waals surface area (Å²) in [5.41, 5.74) is -3.80. The Hall–Kier alpha value is -2.16. The van der Waals surface area contributed by atoms with Crippen LogP contribution < -0.4 is 10.6 Å². The van der Waals surface area contributed by atoms with Crippen molar-refractivity contribution in [3.8, 4) is 0 Å². The van der Waals surface area contributed by atoms with E-state index in [1.807, 2.05) is 0 Å². The van der Waals surface area contributed by atoms with Gasteiger partial charge in [-0.05, 0) is 24.6 Å². The Bertz CT molecular complexity index is 620. The summed E-state index contributed by atoms with van der Waals surface area (Å²) in [5, 5.41) is 13.4. The maximum atomic E-state index is 13.3. The second-order valence-electron chi connectivity index (χ2n) is 4.98. The van der Waals surface area contributed by atoms with Crippen molar-refractivity contribution in [2.75, 3.05) is 0 Å². The lowest BCUT2D eigenvalue weighted by molar-refractivity contribution is -0.290. The highest BCUT2D eigenvalue weighted by Crippen LogP contribution is 2.42. The number of urea groups is 1. The number of alkyl halides is 3. The molecule has 1 saturated heterocycles. The minimum absolute atomic E-state index is 0.0577. The van der Waals surface area contributed by atoms with Crippen LogP contribution in [0.3, 0.4) is 0 Å². The van der Waals surface area contributed by atoms with Crippen molar-refractivity contribution >= 4 is 11.8 Å². The largest absolute Gasteiger partial charge is 0.437 e. The highest BCUT2D eigenvalue weighted by atomic mass is 19.4. The lowest BCUT2D eigenvalue weighted by Gasteiger charge is -2.44. The first-order valence-electron chi connectivity index (χ1n) is 6.20. The van der Waals surface area contributed by atoms with Crippen LogP contribution in [0.2, 0.25) is 0 Å². The van der Waals surface area contributed by atoms with Crippen LogP contribution in [0.5, 0.6) is 0 Å². The van der Waals surface area contributed by atoms with E-state index in [9.17, 15) is 32.3 Å². The molecule has 1 aromatic carbocycles. The van der Waals surface area contributed by atoms with Crippen molar-refractivity contribution in [1.82, 2.24) is 10.6 Å². The van der Waals surface area contributed by atoms with Gasteiger partial charge in [-0.15, -0.1) is 0 Å². The van der Waals surface area contributed by atoms with Crippen LogP contribution in [-0.4, -0.2) is 28.8 Å². The van der Waals surface area contributed by atoms with E-state index in [4.69, 9.17) is 0 Å². The van der Waals surface area contributed by atoms with Gasteiger partial charge in [-0.3, -0.25) is 4.79 Å². The van der Waals surface area contributed by atoms with Gasteiger partial charge < -0.3 is 15.7 Å². The van der Waals surface area contributed by atoms with E-state index in [1.54, 1.807) is 0 Å². The van der Waals surface area contributed by atoms with Crippen molar-refractivity contribution in [2.24, 2.45) is 5.92 Å². The third kappa shape index (κ3) is 2.63. The molecule has 1 aromatic rings. The van der Waals surface area contributed by atoms with E-state index >= 15 is 0 Å². The minimum Gasteiger partial charge on any atom is -0.363 e. The number of hydrogen-bond acceptors (Lipinski definition) is 3. The number of rotatable bonds is 2. The van der Waals surface area contributed by atoms with Gasteiger partial charge in [-0.2, -0.15) is 13.2 Å². The van der Waals surface area contributed by atoms with Crippen LogP contribution in [0.4, 0.5) is 22.4 Å². The molecular formula is C13H12F4N2O3. The van der Waals surface area contributed by atoms with Gasteiger partial charge in [-0.25, -0.2) is 9.18 Å². The standard InChI is InChI=1S/C13H12F4N2O3/c1-6(20)9-10(7-3-2-4-8(14)5-7)18-11(21)19-12(9,22)13(15,16)17/h2-5,9-10,22H,1H3,(H2,18,19,21)/t9-,10+,12+/m1/s1. The summed E-state index contributed by atoms with van der Waals surface area (Å²) in [6.07, 6.45) is -5.29. The zero-order valence-electron chi connectivity index (χ0n) is 11.2. The number of carbonyl (C=O) groups excluding carboxylic acids is 2. The number of carbonyl (C=O) groups is 2. The summed E-state index contributed by atoms with van der Waals surface area (Å²) in [6.45, 7) is 0.854. The van der Waals surface area contributed by atoms with E-state index in [0.29, 0.717) is 0 Å². The fourth-order valence-corrected chi connectivity index (χ4v) is 2.50. The Kier molecular flexibility index (Phi) is 3.86. The molecule has 0 radical (unpaired) electrons. The van der Waals surface area contributed by atoms with Gasteiger partial charge in [0.1, 0.15) is 11.6 Å². The Morgan fingerprint density at radius 2 is 2.00 bits per heavy atom. The molecule has 3 atom stereocenters. The third-order valence-electron chi connectivity index (χ3n) is 3.45. The second kappa shape index (κ2) is 5.24. The number of hydrogen-bond donors (Lipinski definition) is 3. The maximum Gasteiger partial charge on any atom is 0.437 e. The molecule has 120 valence electrons. The number of amides is 2. The summed E-state index contributed by atoms with van der Waals surface area (Å²) in [6, 6.07) is 1.60. The van der Waals surface area contributed by atoms with Crippen LogP contribution in [0.15, 0.2) is 24.3 Å². The van der Waals surface area contributed by atoms with Crippen molar-refractivity contribution in [2.45, 2.75) is 24.9 Å². The molecule has 1 aliphatic rings. The van der Waals surface area contributed by atoms with Gasteiger partial charge in [0.05, 0.1) is 12.0 Å². The number of halogens is 4. The molecule has 5 nitrogen and oxygen atoms in total. The number of nitrogens with one attached hydrogen (secondary N) is 2. The van der Waals surface area contributed by atoms with E-state index < -0.39 is 41.5 Å². The normalized spacial score (nSPS) is 28.7. The molecule has 0 spiro atoms. The first-order valence-corrected chi connectivity index (χ1v) is 6.20. The molecule has 0 unspecified atom stereocenters. The zero-order valence-corrected chi connectivity index (χ0v) is 11.2. The summed E-state index contributed by atoms with van der Waals surface area (Å²) < 4.78 is 52.8. The van der Waals surface area contributed by atoms with Gasteiger partial charge in [0.15, 0.2) is 0 Å². The lowest BCUT2D eigenvalue weighted by Crippen LogP contribution is -2.72. The Morgan fingerprint density at radius 3 is 2.50 bits per heavy atom. The molecular weight excluding hydrogens is 308 g/mol. The second-order valence-corrected chi connectivity index (χ2v) is 4.98. The Labute approximate surface area is 122 Å². The molecule has 0 bridgehead atoms. The van der Waals surface area contributed by atoms with Crippen LogP contribution in [0.25, 0.3) is 0 Å². The van der Waals surface area contributed by atoms with Crippen molar-refractivity contribution in [3.05, 3.63) is 35.6 Å². The molecule has 1 aliphatic heterocycles. The van der Waals surface area contributed by atoms with Gasteiger partial charge in [0.25, 0.3) is 0 Å². The van der Waals surface area contributed by atoms with Gasteiger partial charge in [0.2, 0.25) is 5.72 Å². The molecule has 3 N–H and O–H groups in total. The smallest absolute Gasteiger partial charge is 0.363 e. The highest BCUT2D eigenvalue weighted by Gasteiger charge is 2.65. The predicted molar refractivity (Wildman–Crippen MR) is 66.0 cm³/mol. The molecule has 0 aromatic heterocycles. The molecule has 0 saturated carbocycles. The molecule has 1 heterocycles. The first-order chi connectivity index (χ1) is 10.1. The average Bonchev–Trinajstić information content (AvgIpc) is 2.35. The van der Waals surface area contributed by atoms with E-state index in [0.717, 1.165) is 19.1 Å². The van der Waals surface area contributed by atoms with Crippen LogP contribution in [0.1, 0.15) is 18.5 Å². The molecule has 0 aliphatic carbocycles. The SMILES string of the molecule is CC(=O)[C@@H]1[C@H](c2cccc(F)c2)NC(=O)N[C@@]1(O)C(F)(F)F.